The fraction of sp³-hybridized carbons (Fsp3) is 0.500. The predicted molar refractivity (Wildman–Crippen MR) is 81.0 cm³/mol. The molecule has 1 aromatic carbocycles. The normalized spacial score (nSPS) is 11.9. The topological polar surface area (TPSA) is 64.6 Å². The molecule has 0 aliphatic carbocycles. The zero-order valence-electron chi connectivity index (χ0n) is 13.0. The molecule has 0 aromatic heterocycles. The molecule has 1 aromatic rings. The van der Waals surface area contributed by atoms with Gasteiger partial charge in [0.2, 0.25) is 0 Å². The Morgan fingerprint density at radius 1 is 1.33 bits per heavy atom. The van der Waals surface area contributed by atoms with Crippen molar-refractivity contribution >= 4 is 12.2 Å². The third-order valence-corrected chi connectivity index (χ3v) is 3.35. The van der Waals surface area contributed by atoms with E-state index in [0.29, 0.717) is 23.3 Å². The molecule has 0 heterocycles. The van der Waals surface area contributed by atoms with Crippen molar-refractivity contribution in [3.05, 3.63) is 23.8 Å². The number of benzene rings is 1. The molecule has 1 N–H and O–H groups in total. The van der Waals surface area contributed by atoms with Crippen molar-refractivity contribution < 1.29 is 19.1 Å². The summed E-state index contributed by atoms with van der Waals surface area (Å²) in [5.41, 5.74) is 0.387. The number of carbonyl (C=O) groups is 2. The van der Waals surface area contributed by atoms with Crippen LogP contribution in [0.2, 0.25) is 0 Å². The molecule has 5 nitrogen and oxygen atoms in total. The summed E-state index contributed by atoms with van der Waals surface area (Å²) >= 11 is 0. The first-order chi connectivity index (χ1) is 10.0. The largest absolute Gasteiger partial charge is 0.497 e. The van der Waals surface area contributed by atoms with Crippen LogP contribution in [-0.2, 0) is 4.79 Å². The lowest BCUT2D eigenvalue weighted by atomic mass is 10.1. The molecule has 0 aliphatic rings. The molecule has 1 unspecified atom stereocenters. The van der Waals surface area contributed by atoms with Crippen LogP contribution in [0.3, 0.4) is 0 Å². The van der Waals surface area contributed by atoms with Gasteiger partial charge in [-0.1, -0.05) is 13.8 Å². The Morgan fingerprint density at radius 2 is 2.00 bits per heavy atom. The molecule has 0 fully saturated rings. The minimum Gasteiger partial charge on any atom is -0.497 e. The van der Waals surface area contributed by atoms with Crippen LogP contribution in [0.25, 0.3) is 0 Å². The number of nitrogens with one attached hydrogen (secondary N) is 1. The van der Waals surface area contributed by atoms with Crippen molar-refractivity contribution in [3.63, 3.8) is 0 Å². The summed E-state index contributed by atoms with van der Waals surface area (Å²) in [6.07, 6.45) is 1.75. The highest BCUT2D eigenvalue weighted by Crippen LogP contribution is 2.24. The fourth-order valence-corrected chi connectivity index (χ4v) is 1.90. The van der Waals surface area contributed by atoms with Crippen molar-refractivity contribution in [3.8, 4) is 11.5 Å². The third kappa shape index (κ3) is 4.77. The molecule has 21 heavy (non-hydrogen) atoms. The van der Waals surface area contributed by atoms with Gasteiger partial charge in [0.15, 0.2) is 12.4 Å². The van der Waals surface area contributed by atoms with E-state index in [9.17, 15) is 9.59 Å². The zero-order chi connectivity index (χ0) is 15.8. The minimum absolute atomic E-state index is 0.138. The van der Waals surface area contributed by atoms with Crippen molar-refractivity contribution in [2.45, 2.75) is 45.8 Å². The lowest BCUT2D eigenvalue weighted by Crippen LogP contribution is -2.42. The maximum absolute atomic E-state index is 12.1. The quantitative estimate of drug-likeness (QED) is 0.748. The van der Waals surface area contributed by atoms with Gasteiger partial charge in [-0.25, -0.2) is 0 Å². The molecule has 116 valence electrons. The predicted octanol–water partition coefficient (Wildman–Crippen LogP) is 2.58. The maximum Gasteiger partial charge on any atom is 0.260 e. The number of hydrogen-bond donors (Lipinski definition) is 1. The van der Waals surface area contributed by atoms with Gasteiger partial charge in [0, 0.05) is 12.1 Å². The molecular formula is C16H23NO4. The van der Waals surface area contributed by atoms with E-state index in [2.05, 4.69) is 5.32 Å². The average Bonchev–Trinajstić information content (AvgIpc) is 2.51. The first-order valence-electron chi connectivity index (χ1n) is 7.15. The Bertz CT molecular complexity index is 483. The summed E-state index contributed by atoms with van der Waals surface area (Å²) in [6, 6.07) is 5.02. The van der Waals surface area contributed by atoms with Crippen LogP contribution in [0.4, 0.5) is 0 Å². The number of rotatable bonds is 8. The van der Waals surface area contributed by atoms with E-state index in [1.54, 1.807) is 25.1 Å². The molecule has 5 heteroatoms. The van der Waals surface area contributed by atoms with E-state index in [-0.39, 0.29) is 11.9 Å². The zero-order valence-corrected chi connectivity index (χ0v) is 13.0. The standard InChI is InChI=1S/C16H23NO4/c1-5-13(6-2)17-16(19)11(3)21-15-9-14(20-4)8-7-12(15)10-18/h7-11,13H,5-6H2,1-4H3,(H,17,19). The molecular weight excluding hydrogens is 270 g/mol. The summed E-state index contributed by atoms with van der Waals surface area (Å²) in [6.45, 7) is 5.70. The Hall–Kier alpha value is -2.04. The molecule has 1 amide bonds. The SMILES string of the molecule is CCC(CC)NC(=O)C(C)Oc1cc(OC)ccc1C=O. The summed E-state index contributed by atoms with van der Waals surface area (Å²) < 4.78 is 10.7. The van der Waals surface area contributed by atoms with Crippen molar-refractivity contribution in [1.29, 1.82) is 0 Å². The summed E-state index contributed by atoms with van der Waals surface area (Å²) in [5.74, 6) is 0.725. The van der Waals surface area contributed by atoms with E-state index < -0.39 is 6.10 Å². The van der Waals surface area contributed by atoms with Crippen molar-refractivity contribution in [2.24, 2.45) is 0 Å². The molecule has 0 spiro atoms. The van der Waals surface area contributed by atoms with E-state index in [0.717, 1.165) is 12.8 Å². The van der Waals surface area contributed by atoms with Crippen LogP contribution in [-0.4, -0.2) is 31.4 Å². The Labute approximate surface area is 125 Å². The third-order valence-electron chi connectivity index (χ3n) is 3.35. The molecule has 0 saturated heterocycles. The highest BCUT2D eigenvalue weighted by molar-refractivity contribution is 5.83. The summed E-state index contributed by atoms with van der Waals surface area (Å²) in [7, 11) is 1.53. The fourth-order valence-electron chi connectivity index (χ4n) is 1.90. The summed E-state index contributed by atoms with van der Waals surface area (Å²) in [5, 5.41) is 2.92. The number of hydrogen-bond acceptors (Lipinski definition) is 4. The second-order valence-corrected chi connectivity index (χ2v) is 4.80. The Kier molecular flexibility index (Phi) is 6.72. The van der Waals surface area contributed by atoms with Gasteiger partial charge in [-0.15, -0.1) is 0 Å². The molecule has 1 rings (SSSR count). The second kappa shape index (κ2) is 8.29. The minimum atomic E-state index is -0.684. The van der Waals surface area contributed by atoms with Crippen molar-refractivity contribution in [1.82, 2.24) is 5.32 Å². The van der Waals surface area contributed by atoms with Crippen molar-refractivity contribution in [2.75, 3.05) is 7.11 Å². The lowest BCUT2D eigenvalue weighted by Gasteiger charge is -2.20. The first-order valence-corrected chi connectivity index (χ1v) is 7.15. The van der Waals surface area contributed by atoms with Gasteiger partial charge < -0.3 is 14.8 Å². The molecule has 0 radical (unpaired) electrons. The number of carbonyl (C=O) groups excluding carboxylic acids is 2. The smallest absolute Gasteiger partial charge is 0.260 e. The van der Waals surface area contributed by atoms with Crippen LogP contribution >= 0.6 is 0 Å². The van der Waals surface area contributed by atoms with Crippen LogP contribution in [0.5, 0.6) is 11.5 Å². The Morgan fingerprint density at radius 3 is 2.52 bits per heavy atom. The van der Waals surface area contributed by atoms with Crippen LogP contribution in [0, 0.1) is 0 Å². The number of methoxy groups -OCH3 is 1. The highest BCUT2D eigenvalue weighted by Gasteiger charge is 2.19. The van der Waals surface area contributed by atoms with Crippen LogP contribution in [0.1, 0.15) is 44.0 Å². The van der Waals surface area contributed by atoms with E-state index >= 15 is 0 Å². The second-order valence-electron chi connectivity index (χ2n) is 4.80. The van der Waals surface area contributed by atoms with Gasteiger partial charge in [-0.3, -0.25) is 9.59 Å². The van der Waals surface area contributed by atoms with Gasteiger partial charge in [0.1, 0.15) is 11.5 Å². The monoisotopic (exact) mass is 293 g/mol. The highest BCUT2D eigenvalue weighted by atomic mass is 16.5. The van der Waals surface area contributed by atoms with Gasteiger partial charge in [-0.05, 0) is 31.9 Å². The van der Waals surface area contributed by atoms with Gasteiger partial charge in [0.25, 0.3) is 5.91 Å². The first kappa shape index (κ1) is 17.0. The molecule has 0 aliphatic heterocycles. The molecule has 0 bridgehead atoms. The van der Waals surface area contributed by atoms with Gasteiger partial charge in [-0.2, -0.15) is 0 Å². The maximum atomic E-state index is 12.1. The number of aldehydes is 1. The van der Waals surface area contributed by atoms with E-state index in [1.165, 1.54) is 7.11 Å². The van der Waals surface area contributed by atoms with Crippen LogP contribution in [0.15, 0.2) is 18.2 Å². The molecule has 1 atom stereocenters. The molecule has 0 saturated carbocycles. The lowest BCUT2D eigenvalue weighted by molar-refractivity contribution is -0.128. The van der Waals surface area contributed by atoms with Gasteiger partial charge in [0.05, 0.1) is 12.7 Å². The Balaban J connectivity index is 2.79. The number of ether oxygens (including phenoxy) is 2. The number of amides is 1. The van der Waals surface area contributed by atoms with E-state index in [1.807, 2.05) is 13.8 Å². The van der Waals surface area contributed by atoms with E-state index in [4.69, 9.17) is 9.47 Å². The summed E-state index contributed by atoms with van der Waals surface area (Å²) in [4.78, 5) is 23.1. The van der Waals surface area contributed by atoms with Crippen LogP contribution < -0.4 is 14.8 Å². The average molecular weight is 293 g/mol. The van der Waals surface area contributed by atoms with Gasteiger partial charge >= 0.3 is 0 Å².